The number of hydrogen-bond donors (Lipinski definition) is 3. The molecule has 0 aliphatic rings. The summed E-state index contributed by atoms with van der Waals surface area (Å²) in [5, 5.41) is 7.54. The number of aryl methyl sites for hydroxylation is 1. The second-order valence-electron chi connectivity index (χ2n) is 5.57. The molecule has 2 aromatic carbocycles. The first-order valence-corrected chi connectivity index (χ1v) is 10.6. The lowest BCUT2D eigenvalue weighted by Gasteiger charge is -2.10. The molecule has 9 nitrogen and oxygen atoms in total. The van der Waals surface area contributed by atoms with Crippen LogP contribution < -0.4 is 19.9 Å². The summed E-state index contributed by atoms with van der Waals surface area (Å²) in [7, 11) is -6.38. The van der Waals surface area contributed by atoms with Gasteiger partial charge in [-0.05, 0) is 48.9 Å². The highest BCUT2D eigenvalue weighted by Gasteiger charge is 2.17. The third-order valence-corrected chi connectivity index (χ3v) is 6.04. The quantitative estimate of drug-likeness (QED) is 0.605. The molecule has 4 N–H and O–H groups in total. The Morgan fingerprint density at radius 2 is 1.70 bits per heavy atom. The molecule has 0 atom stereocenters. The van der Waals surface area contributed by atoms with Crippen molar-refractivity contribution in [3.63, 3.8) is 0 Å². The monoisotopic (exact) mass is 413 g/mol. The van der Waals surface area contributed by atoms with Crippen LogP contribution in [0.5, 0.6) is 5.75 Å². The Kier molecular flexibility index (Phi) is 6.21. The number of anilines is 1. The molecule has 0 aromatic heterocycles. The zero-order valence-electron chi connectivity index (χ0n) is 14.6. The third-order valence-electron chi connectivity index (χ3n) is 3.57. The number of rotatable bonds is 7. The van der Waals surface area contributed by atoms with Crippen LogP contribution in [0.1, 0.15) is 5.56 Å². The second kappa shape index (κ2) is 8.05. The van der Waals surface area contributed by atoms with Crippen LogP contribution >= 0.6 is 0 Å². The van der Waals surface area contributed by atoms with E-state index in [1.165, 1.54) is 49.6 Å². The summed E-state index contributed by atoms with van der Waals surface area (Å²) in [4.78, 5) is 11.8. The largest absolute Gasteiger partial charge is 0.497 e. The average Bonchev–Trinajstić information content (AvgIpc) is 2.61. The molecular weight excluding hydrogens is 394 g/mol. The maximum Gasteiger partial charge on any atom is 0.241 e. The molecule has 146 valence electrons. The number of hydrogen-bond acceptors (Lipinski definition) is 6. The summed E-state index contributed by atoms with van der Waals surface area (Å²) in [6, 6.07) is 9.83. The minimum Gasteiger partial charge on any atom is -0.497 e. The first kappa shape index (κ1) is 20.8. The van der Waals surface area contributed by atoms with Gasteiger partial charge in [-0.2, -0.15) is 0 Å². The van der Waals surface area contributed by atoms with E-state index in [1.54, 1.807) is 6.92 Å². The van der Waals surface area contributed by atoms with Gasteiger partial charge in [0.1, 0.15) is 5.75 Å². The highest BCUT2D eigenvalue weighted by atomic mass is 32.2. The fourth-order valence-electron chi connectivity index (χ4n) is 2.19. The Hall–Kier alpha value is -2.47. The van der Waals surface area contributed by atoms with E-state index in [2.05, 4.69) is 10.0 Å². The molecule has 0 aliphatic heterocycles. The van der Waals surface area contributed by atoms with E-state index in [1.807, 2.05) is 0 Å². The zero-order valence-corrected chi connectivity index (χ0v) is 16.2. The van der Waals surface area contributed by atoms with E-state index in [4.69, 9.17) is 9.88 Å². The van der Waals surface area contributed by atoms with Gasteiger partial charge < -0.3 is 10.1 Å². The van der Waals surface area contributed by atoms with E-state index < -0.39 is 32.5 Å². The Bertz CT molecular complexity index is 1050. The van der Waals surface area contributed by atoms with Crippen molar-refractivity contribution in [2.75, 3.05) is 19.0 Å². The Morgan fingerprint density at radius 3 is 2.26 bits per heavy atom. The van der Waals surface area contributed by atoms with E-state index in [0.717, 1.165) is 0 Å². The number of amides is 1. The molecule has 0 spiro atoms. The molecule has 0 aliphatic carbocycles. The van der Waals surface area contributed by atoms with Crippen LogP contribution in [0.4, 0.5) is 5.69 Å². The lowest BCUT2D eigenvalue weighted by Crippen LogP contribution is -2.33. The highest BCUT2D eigenvalue weighted by Crippen LogP contribution is 2.19. The highest BCUT2D eigenvalue weighted by molar-refractivity contribution is 7.89. The smallest absolute Gasteiger partial charge is 0.241 e. The van der Waals surface area contributed by atoms with Crippen LogP contribution in [0.15, 0.2) is 52.3 Å². The molecule has 0 fully saturated rings. The summed E-state index contributed by atoms with van der Waals surface area (Å²) < 4.78 is 54.5. The normalized spacial score (nSPS) is 11.8. The molecule has 0 saturated heterocycles. The third kappa shape index (κ3) is 5.50. The number of nitrogens with one attached hydrogen (secondary N) is 2. The minimum atomic E-state index is -3.94. The Labute approximate surface area is 157 Å². The van der Waals surface area contributed by atoms with Crippen molar-refractivity contribution >= 4 is 31.6 Å². The Morgan fingerprint density at radius 1 is 1.07 bits per heavy atom. The van der Waals surface area contributed by atoms with Crippen LogP contribution in [-0.4, -0.2) is 36.4 Å². The topological polar surface area (TPSA) is 145 Å². The number of methoxy groups -OCH3 is 1. The average molecular weight is 413 g/mol. The van der Waals surface area contributed by atoms with Crippen LogP contribution in [0.3, 0.4) is 0 Å². The fourth-order valence-corrected chi connectivity index (χ4v) is 3.98. The summed E-state index contributed by atoms with van der Waals surface area (Å²) in [6.45, 7) is 1.03. The molecule has 0 bridgehead atoms. The van der Waals surface area contributed by atoms with E-state index >= 15 is 0 Å². The van der Waals surface area contributed by atoms with Crippen molar-refractivity contribution in [3.05, 3.63) is 48.0 Å². The van der Waals surface area contributed by atoms with Gasteiger partial charge in [0.2, 0.25) is 26.0 Å². The van der Waals surface area contributed by atoms with Gasteiger partial charge in [-0.25, -0.2) is 26.7 Å². The van der Waals surface area contributed by atoms with Gasteiger partial charge >= 0.3 is 0 Å². The lowest BCUT2D eigenvalue weighted by molar-refractivity contribution is -0.115. The van der Waals surface area contributed by atoms with Crippen molar-refractivity contribution < 1.29 is 26.4 Å². The predicted molar refractivity (Wildman–Crippen MR) is 99.4 cm³/mol. The molecular formula is C16H19N3O6S2. The second-order valence-corrected chi connectivity index (χ2v) is 8.87. The number of benzene rings is 2. The summed E-state index contributed by atoms with van der Waals surface area (Å²) in [5.74, 6) is -0.173. The molecule has 2 rings (SSSR count). The first-order valence-electron chi connectivity index (χ1n) is 7.60. The van der Waals surface area contributed by atoms with Gasteiger partial charge in [0.05, 0.1) is 23.4 Å². The van der Waals surface area contributed by atoms with Gasteiger partial charge in [0.25, 0.3) is 0 Å². The van der Waals surface area contributed by atoms with Gasteiger partial charge in [-0.1, -0.05) is 6.07 Å². The molecule has 2 aromatic rings. The minimum absolute atomic E-state index is 0.0250. The van der Waals surface area contributed by atoms with Crippen LogP contribution in [0.2, 0.25) is 0 Å². The van der Waals surface area contributed by atoms with Crippen molar-refractivity contribution in [1.82, 2.24) is 4.72 Å². The van der Waals surface area contributed by atoms with Crippen LogP contribution in [-0.2, 0) is 24.8 Å². The van der Waals surface area contributed by atoms with E-state index in [0.29, 0.717) is 11.3 Å². The van der Waals surface area contributed by atoms with Gasteiger partial charge in [0.15, 0.2) is 0 Å². The van der Waals surface area contributed by atoms with E-state index in [9.17, 15) is 21.6 Å². The SMILES string of the molecule is COc1ccc(S(=O)(=O)NCC(=O)Nc2ccc(C)c(S(N)(=O)=O)c2)cc1. The standard InChI is InChI=1S/C16H19N3O6S2/c1-11-3-4-12(9-15(11)26(17,21)22)19-16(20)10-18-27(23,24)14-7-5-13(25-2)6-8-14/h3-9,18H,10H2,1-2H3,(H,19,20)(H2,17,21,22). The molecule has 0 heterocycles. The maximum absolute atomic E-state index is 12.2. The van der Waals surface area contributed by atoms with Gasteiger partial charge in [-0.15, -0.1) is 0 Å². The number of sulfonamides is 2. The number of primary sulfonamides is 1. The molecule has 11 heteroatoms. The lowest BCUT2D eigenvalue weighted by atomic mass is 10.2. The molecule has 0 radical (unpaired) electrons. The number of carbonyl (C=O) groups excluding carboxylic acids is 1. The number of carbonyl (C=O) groups is 1. The summed E-state index contributed by atoms with van der Waals surface area (Å²) in [6.07, 6.45) is 0. The fraction of sp³-hybridized carbons (Fsp3) is 0.188. The Balaban J connectivity index is 2.05. The number of nitrogens with two attached hydrogens (primary N) is 1. The molecule has 0 saturated carbocycles. The van der Waals surface area contributed by atoms with Crippen LogP contribution in [0.25, 0.3) is 0 Å². The van der Waals surface area contributed by atoms with Crippen molar-refractivity contribution in [3.8, 4) is 5.75 Å². The van der Waals surface area contributed by atoms with Crippen LogP contribution in [0, 0.1) is 6.92 Å². The van der Waals surface area contributed by atoms with Crippen molar-refractivity contribution in [1.29, 1.82) is 0 Å². The number of ether oxygens (including phenoxy) is 1. The van der Waals surface area contributed by atoms with Gasteiger partial charge in [0, 0.05) is 5.69 Å². The van der Waals surface area contributed by atoms with Gasteiger partial charge in [-0.3, -0.25) is 4.79 Å². The maximum atomic E-state index is 12.2. The molecule has 27 heavy (non-hydrogen) atoms. The molecule has 0 unspecified atom stereocenters. The summed E-state index contributed by atoms with van der Waals surface area (Å²) >= 11 is 0. The van der Waals surface area contributed by atoms with Crippen molar-refractivity contribution in [2.45, 2.75) is 16.7 Å². The van der Waals surface area contributed by atoms with Crippen molar-refractivity contribution in [2.24, 2.45) is 5.14 Å². The molecule has 1 amide bonds. The zero-order chi connectivity index (χ0) is 20.2. The summed E-state index contributed by atoms with van der Waals surface area (Å²) in [5.41, 5.74) is 0.606. The predicted octanol–water partition coefficient (Wildman–Crippen LogP) is 0.568. The van der Waals surface area contributed by atoms with E-state index in [-0.39, 0.29) is 15.5 Å². The first-order chi connectivity index (χ1) is 12.5.